The van der Waals surface area contributed by atoms with Crippen molar-refractivity contribution in [3.63, 3.8) is 0 Å². The number of amides is 1. The second-order valence-electron chi connectivity index (χ2n) is 9.13. The van der Waals surface area contributed by atoms with Gasteiger partial charge < -0.3 is 19.5 Å². The number of rotatable bonds is 6. The molecule has 0 spiro atoms. The molecule has 0 aliphatic carbocycles. The number of allylic oxidation sites excluding steroid dienone is 1. The Labute approximate surface area is 242 Å². The Morgan fingerprint density at radius 1 is 1.15 bits per heavy atom. The topological polar surface area (TPSA) is 91.2 Å². The minimum atomic E-state index is -0.682. The van der Waals surface area contributed by atoms with Gasteiger partial charge in [0.15, 0.2) is 16.3 Å². The van der Waals surface area contributed by atoms with Crippen LogP contribution in [0.1, 0.15) is 31.0 Å². The Bertz CT molecular complexity index is 1830. The van der Waals surface area contributed by atoms with Gasteiger partial charge in [0.2, 0.25) is 6.79 Å². The lowest BCUT2D eigenvalue weighted by atomic mass is 9.95. The van der Waals surface area contributed by atoms with Gasteiger partial charge in [-0.2, -0.15) is 0 Å². The largest absolute Gasteiger partial charge is 0.494 e. The first-order valence-corrected chi connectivity index (χ1v) is 14.2. The highest BCUT2D eigenvalue weighted by Gasteiger charge is 2.32. The summed E-state index contributed by atoms with van der Waals surface area (Å²) in [5.41, 5.74) is 2.89. The molecular weight excluding hydrogens is 594 g/mol. The van der Waals surface area contributed by atoms with Crippen LogP contribution in [0.3, 0.4) is 0 Å². The van der Waals surface area contributed by atoms with Crippen molar-refractivity contribution in [1.82, 2.24) is 4.57 Å². The van der Waals surface area contributed by atoms with Gasteiger partial charge in [-0.05, 0) is 67.4 Å². The van der Waals surface area contributed by atoms with Crippen LogP contribution in [0, 0.1) is 0 Å². The van der Waals surface area contributed by atoms with Crippen molar-refractivity contribution < 1.29 is 19.0 Å². The number of carbonyl (C=O) groups is 1. The highest BCUT2D eigenvalue weighted by Crippen LogP contribution is 2.37. The van der Waals surface area contributed by atoms with Crippen molar-refractivity contribution in [2.45, 2.75) is 19.9 Å². The fourth-order valence-corrected chi connectivity index (χ4v) is 6.22. The van der Waals surface area contributed by atoms with Gasteiger partial charge in [-0.3, -0.25) is 14.2 Å². The van der Waals surface area contributed by atoms with Crippen LogP contribution in [0.4, 0.5) is 5.69 Å². The first-order valence-electron chi connectivity index (χ1n) is 12.6. The normalized spacial score (nSPS) is 16.0. The van der Waals surface area contributed by atoms with Crippen LogP contribution in [-0.2, 0) is 4.79 Å². The first kappa shape index (κ1) is 26.1. The molecule has 40 heavy (non-hydrogen) atoms. The van der Waals surface area contributed by atoms with Gasteiger partial charge in [0.1, 0.15) is 5.75 Å². The Morgan fingerprint density at radius 3 is 2.60 bits per heavy atom. The zero-order valence-electron chi connectivity index (χ0n) is 21.6. The minimum Gasteiger partial charge on any atom is -0.494 e. The fourth-order valence-electron chi connectivity index (χ4n) is 4.74. The Hall–Kier alpha value is -4.15. The lowest BCUT2D eigenvalue weighted by Crippen LogP contribution is -2.40. The molecule has 0 saturated carbocycles. The minimum absolute atomic E-state index is 0.155. The third-order valence-corrected chi connectivity index (χ3v) is 8.25. The lowest BCUT2D eigenvalue weighted by molar-refractivity contribution is -0.113. The second-order valence-corrected chi connectivity index (χ2v) is 11.0. The third-order valence-electron chi connectivity index (χ3n) is 6.58. The van der Waals surface area contributed by atoms with E-state index in [1.807, 2.05) is 73.7 Å². The Balaban J connectivity index is 1.49. The molecule has 6 rings (SSSR count). The molecule has 4 aromatic rings. The smallest absolute Gasteiger partial charge is 0.271 e. The van der Waals surface area contributed by atoms with Crippen LogP contribution in [0.2, 0.25) is 0 Å². The van der Waals surface area contributed by atoms with E-state index in [0.717, 1.165) is 15.6 Å². The monoisotopic (exact) mass is 617 g/mol. The van der Waals surface area contributed by atoms with E-state index in [9.17, 15) is 9.59 Å². The van der Waals surface area contributed by atoms with E-state index in [2.05, 4.69) is 21.2 Å². The van der Waals surface area contributed by atoms with E-state index < -0.39 is 6.04 Å². The molecule has 1 amide bonds. The quantitative estimate of drug-likeness (QED) is 0.337. The third kappa shape index (κ3) is 4.84. The zero-order chi connectivity index (χ0) is 27.8. The van der Waals surface area contributed by atoms with Crippen molar-refractivity contribution in [2.75, 3.05) is 18.7 Å². The average molecular weight is 619 g/mol. The number of aromatic nitrogens is 1. The number of thiazole rings is 1. The summed E-state index contributed by atoms with van der Waals surface area (Å²) in [5.74, 6) is 1.65. The van der Waals surface area contributed by atoms with Crippen LogP contribution in [-0.4, -0.2) is 23.9 Å². The molecule has 0 saturated heterocycles. The molecule has 0 unspecified atom stereocenters. The molecule has 3 heterocycles. The molecule has 1 atom stereocenters. The number of halogens is 1. The summed E-state index contributed by atoms with van der Waals surface area (Å²) in [4.78, 5) is 32.9. The van der Waals surface area contributed by atoms with Crippen molar-refractivity contribution in [1.29, 1.82) is 0 Å². The van der Waals surface area contributed by atoms with E-state index in [1.165, 1.54) is 11.3 Å². The van der Waals surface area contributed by atoms with Gasteiger partial charge in [0.25, 0.3) is 11.5 Å². The maximum Gasteiger partial charge on any atom is 0.271 e. The predicted octanol–water partition coefficient (Wildman–Crippen LogP) is 4.76. The summed E-state index contributed by atoms with van der Waals surface area (Å²) < 4.78 is 19.4. The number of hydrogen-bond donors (Lipinski definition) is 1. The van der Waals surface area contributed by atoms with Gasteiger partial charge in [0, 0.05) is 10.2 Å². The van der Waals surface area contributed by atoms with Crippen molar-refractivity contribution in [2.24, 2.45) is 4.99 Å². The summed E-state index contributed by atoms with van der Waals surface area (Å²) in [6.07, 6.45) is 1.80. The Morgan fingerprint density at radius 2 is 1.88 bits per heavy atom. The molecule has 10 heteroatoms. The van der Waals surface area contributed by atoms with E-state index in [-0.39, 0.29) is 18.3 Å². The molecule has 3 aromatic carbocycles. The van der Waals surface area contributed by atoms with E-state index >= 15 is 0 Å². The molecule has 0 radical (unpaired) electrons. The number of nitrogens with zero attached hydrogens (tertiary/aromatic N) is 2. The first-order chi connectivity index (χ1) is 19.4. The van der Waals surface area contributed by atoms with Crippen LogP contribution in [0.25, 0.3) is 6.08 Å². The Kier molecular flexibility index (Phi) is 7.03. The summed E-state index contributed by atoms with van der Waals surface area (Å²) in [5, 5.41) is 2.97. The molecule has 202 valence electrons. The van der Waals surface area contributed by atoms with E-state index in [0.29, 0.717) is 50.1 Å². The SMILES string of the molecule is CCOc1ccc([C@@H]2C(C(=O)Nc3ccccc3)=C(C)N=c3s/c(=C\c4cc5c(cc4Br)OCO5)c(=O)n32)cc1. The number of anilines is 1. The van der Waals surface area contributed by atoms with Gasteiger partial charge in [-0.15, -0.1) is 0 Å². The number of hydrogen-bond acceptors (Lipinski definition) is 7. The fraction of sp³-hybridized carbons (Fsp3) is 0.167. The number of fused-ring (bicyclic) bond motifs is 2. The second kappa shape index (κ2) is 10.8. The van der Waals surface area contributed by atoms with Crippen molar-refractivity contribution in [3.8, 4) is 17.2 Å². The van der Waals surface area contributed by atoms with Gasteiger partial charge in [-0.1, -0.05) is 57.6 Å². The van der Waals surface area contributed by atoms with Crippen molar-refractivity contribution >= 4 is 44.9 Å². The summed E-state index contributed by atoms with van der Waals surface area (Å²) >= 11 is 4.85. The standard InChI is InChI=1S/C30H24BrN3O5S/c1-3-37-21-11-9-18(10-12-21)27-26(28(35)33-20-7-5-4-6-8-20)17(2)32-30-34(27)29(36)25(40-30)14-19-13-23-24(15-22(19)31)39-16-38-23/h4-15,27H,3,16H2,1-2H3,(H,33,35)/b25-14-/t27-/m1/s1. The molecule has 0 fully saturated rings. The van der Waals surface area contributed by atoms with Crippen LogP contribution in [0.5, 0.6) is 17.2 Å². The van der Waals surface area contributed by atoms with Crippen molar-refractivity contribution in [3.05, 3.63) is 113 Å². The number of para-hydroxylation sites is 1. The maximum atomic E-state index is 14.0. The molecule has 1 aromatic heterocycles. The zero-order valence-corrected chi connectivity index (χ0v) is 24.0. The number of carbonyl (C=O) groups excluding carboxylic acids is 1. The highest BCUT2D eigenvalue weighted by atomic mass is 79.9. The summed E-state index contributed by atoms with van der Waals surface area (Å²) in [6.45, 7) is 4.41. The predicted molar refractivity (Wildman–Crippen MR) is 157 cm³/mol. The van der Waals surface area contributed by atoms with Crippen LogP contribution >= 0.6 is 27.3 Å². The van der Waals surface area contributed by atoms with Crippen LogP contribution in [0.15, 0.2) is 92.3 Å². The number of nitrogens with one attached hydrogen (secondary N) is 1. The van der Waals surface area contributed by atoms with E-state index in [1.54, 1.807) is 17.6 Å². The summed E-state index contributed by atoms with van der Waals surface area (Å²) in [7, 11) is 0. The maximum absolute atomic E-state index is 14.0. The van der Waals surface area contributed by atoms with Gasteiger partial charge in [-0.25, -0.2) is 4.99 Å². The number of benzene rings is 3. The molecular formula is C30H24BrN3O5S. The lowest BCUT2D eigenvalue weighted by Gasteiger charge is -2.25. The molecule has 2 aliphatic heterocycles. The average Bonchev–Trinajstić information content (AvgIpc) is 3.52. The molecule has 0 bridgehead atoms. The number of ether oxygens (including phenoxy) is 3. The molecule has 8 nitrogen and oxygen atoms in total. The van der Waals surface area contributed by atoms with Crippen LogP contribution < -0.4 is 34.4 Å². The van der Waals surface area contributed by atoms with E-state index in [4.69, 9.17) is 19.2 Å². The van der Waals surface area contributed by atoms with Gasteiger partial charge >= 0.3 is 0 Å². The highest BCUT2D eigenvalue weighted by molar-refractivity contribution is 9.10. The van der Waals surface area contributed by atoms with Gasteiger partial charge in [0.05, 0.1) is 28.5 Å². The molecule has 2 aliphatic rings. The molecule has 1 N–H and O–H groups in total. The summed E-state index contributed by atoms with van der Waals surface area (Å²) in [6, 6.07) is 19.7.